The normalized spacial score (nSPS) is 24.3. The second-order valence-electron chi connectivity index (χ2n) is 4.20. The maximum absolute atomic E-state index is 11.7. The molecule has 16 heavy (non-hydrogen) atoms. The molecule has 1 aliphatic rings. The van der Waals surface area contributed by atoms with Crippen molar-refractivity contribution in [1.82, 2.24) is 10.6 Å². The minimum absolute atomic E-state index is 0.138. The first-order valence-electron chi connectivity index (χ1n) is 5.46. The first-order chi connectivity index (χ1) is 7.70. The molecule has 2 rings (SSSR count). The van der Waals surface area contributed by atoms with Gasteiger partial charge in [0.2, 0.25) is 0 Å². The summed E-state index contributed by atoms with van der Waals surface area (Å²) < 4.78 is 0. The lowest BCUT2D eigenvalue weighted by Crippen LogP contribution is -2.44. The maximum Gasteiger partial charge on any atom is 0.251 e. The molecule has 0 bridgehead atoms. The van der Waals surface area contributed by atoms with E-state index in [1.807, 2.05) is 18.2 Å². The van der Waals surface area contributed by atoms with Gasteiger partial charge in [-0.2, -0.15) is 0 Å². The van der Waals surface area contributed by atoms with Gasteiger partial charge in [-0.3, -0.25) is 4.79 Å². The van der Waals surface area contributed by atoms with Crippen molar-refractivity contribution in [2.45, 2.75) is 12.0 Å². The molecule has 0 aliphatic carbocycles. The van der Waals surface area contributed by atoms with Crippen molar-refractivity contribution in [2.24, 2.45) is 0 Å². The number of hydrogen-bond donors (Lipinski definition) is 3. The zero-order valence-electron chi connectivity index (χ0n) is 9.07. The summed E-state index contributed by atoms with van der Waals surface area (Å²) in [4.78, 5) is 11.7. The number of aliphatic hydroxyl groups is 1. The molecular formula is C12H16N2O2. The molecule has 0 saturated carbocycles. The summed E-state index contributed by atoms with van der Waals surface area (Å²) >= 11 is 0. The van der Waals surface area contributed by atoms with E-state index < -0.39 is 5.60 Å². The van der Waals surface area contributed by atoms with Gasteiger partial charge in [0.25, 0.3) is 5.91 Å². The standard InChI is InChI=1S/C12H16N2O2/c15-11(10-4-2-1-3-5-10)14-9-12(16)6-7-13-8-12/h1-5,13,16H,6-9H2,(H,14,15). The van der Waals surface area contributed by atoms with Gasteiger partial charge in [0.05, 0.1) is 5.60 Å². The fourth-order valence-corrected chi connectivity index (χ4v) is 1.82. The third-order valence-electron chi connectivity index (χ3n) is 2.84. The van der Waals surface area contributed by atoms with Crippen LogP contribution in [0.5, 0.6) is 0 Å². The molecule has 1 atom stereocenters. The van der Waals surface area contributed by atoms with E-state index in [9.17, 15) is 9.90 Å². The molecule has 1 aromatic carbocycles. The molecule has 1 amide bonds. The SMILES string of the molecule is O=C(NCC1(O)CCNC1)c1ccccc1. The highest BCUT2D eigenvalue weighted by molar-refractivity contribution is 5.94. The van der Waals surface area contributed by atoms with E-state index in [0.717, 1.165) is 6.54 Å². The fraction of sp³-hybridized carbons (Fsp3) is 0.417. The van der Waals surface area contributed by atoms with E-state index in [2.05, 4.69) is 10.6 Å². The Balaban J connectivity index is 1.89. The Morgan fingerprint density at radius 1 is 1.44 bits per heavy atom. The lowest BCUT2D eigenvalue weighted by molar-refractivity contribution is 0.0562. The van der Waals surface area contributed by atoms with Gasteiger partial charge in [-0.15, -0.1) is 0 Å². The lowest BCUT2D eigenvalue weighted by atomic mass is 10.0. The molecule has 1 unspecified atom stereocenters. The summed E-state index contributed by atoms with van der Waals surface area (Å²) in [6, 6.07) is 9.02. The zero-order chi connectivity index (χ0) is 11.4. The molecule has 0 spiro atoms. The monoisotopic (exact) mass is 220 g/mol. The third kappa shape index (κ3) is 2.59. The molecule has 4 nitrogen and oxygen atoms in total. The van der Waals surface area contributed by atoms with Gasteiger partial charge < -0.3 is 15.7 Å². The quantitative estimate of drug-likeness (QED) is 0.679. The van der Waals surface area contributed by atoms with Crippen LogP contribution in [0.3, 0.4) is 0 Å². The van der Waals surface area contributed by atoms with Gasteiger partial charge in [-0.1, -0.05) is 18.2 Å². The predicted octanol–water partition coefficient (Wildman–Crippen LogP) is 0.141. The summed E-state index contributed by atoms with van der Waals surface area (Å²) in [5.74, 6) is -0.138. The maximum atomic E-state index is 11.7. The third-order valence-corrected chi connectivity index (χ3v) is 2.84. The van der Waals surface area contributed by atoms with Crippen molar-refractivity contribution in [3.63, 3.8) is 0 Å². The molecule has 1 aromatic rings. The van der Waals surface area contributed by atoms with Crippen LogP contribution < -0.4 is 10.6 Å². The van der Waals surface area contributed by atoms with Crippen molar-refractivity contribution < 1.29 is 9.90 Å². The minimum Gasteiger partial charge on any atom is -0.387 e. The van der Waals surface area contributed by atoms with Gasteiger partial charge in [0.1, 0.15) is 0 Å². The molecule has 4 heteroatoms. The summed E-state index contributed by atoms with van der Waals surface area (Å²) in [5, 5.41) is 15.8. The number of nitrogens with one attached hydrogen (secondary N) is 2. The molecule has 0 aromatic heterocycles. The zero-order valence-corrected chi connectivity index (χ0v) is 9.07. The molecule has 86 valence electrons. The smallest absolute Gasteiger partial charge is 0.251 e. The van der Waals surface area contributed by atoms with Crippen molar-refractivity contribution in [3.05, 3.63) is 35.9 Å². The highest BCUT2D eigenvalue weighted by Crippen LogP contribution is 2.12. The molecular weight excluding hydrogens is 204 g/mol. The summed E-state index contributed by atoms with van der Waals surface area (Å²) in [6.45, 7) is 1.65. The average Bonchev–Trinajstić information content (AvgIpc) is 2.75. The van der Waals surface area contributed by atoms with Crippen LogP contribution in [-0.2, 0) is 0 Å². The van der Waals surface area contributed by atoms with E-state index >= 15 is 0 Å². The summed E-state index contributed by atoms with van der Waals surface area (Å²) in [5.41, 5.74) is -0.165. The fourth-order valence-electron chi connectivity index (χ4n) is 1.82. The first kappa shape index (κ1) is 11.1. The van der Waals surface area contributed by atoms with Crippen LogP contribution >= 0.6 is 0 Å². The number of carbonyl (C=O) groups is 1. The van der Waals surface area contributed by atoms with Crippen LogP contribution in [-0.4, -0.2) is 36.2 Å². The van der Waals surface area contributed by atoms with Crippen molar-refractivity contribution >= 4 is 5.91 Å². The van der Waals surface area contributed by atoms with Gasteiger partial charge in [-0.25, -0.2) is 0 Å². The minimum atomic E-state index is -0.787. The van der Waals surface area contributed by atoms with Gasteiger partial charge >= 0.3 is 0 Å². The largest absolute Gasteiger partial charge is 0.387 e. The number of β-amino-alcohol motifs (C(OH)–C–C–N with tert-alkyl or cyclic N) is 1. The second kappa shape index (κ2) is 4.63. The van der Waals surface area contributed by atoms with Gasteiger partial charge in [-0.05, 0) is 25.1 Å². The Labute approximate surface area is 94.7 Å². The number of carbonyl (C=O) groups excluding carboxylic acids is 1. The Hall–Kier alpha value is -1.39. The van der Waals surface area contributed by atoms with Crippen molar-refractivity contribution in [3.8, 4) is 0 Å². The Morgan fingerprint density at radius 2 is 2.19 bits per heavy atom. The topological polar surface area (TPSA) is 61.4 Å². The van der Waals surface area contributed by atoms with E-state index in [-0.39, 0.29) is 5.91 Å². The Bertz CT molecular complexity index is 359. The van der Waals surface area contributed by atoms with E-state index in [1.165, 1.54) is 0 Å². The predicted molar refractivity (Wildman–Crippen MR) is 61.2 cm³/mol. The van der Waals surface area contributed by atoms with Gasteiger partial charge in [0.15, 0.2) is 0 Å². The van der Waals surface area contributed by atoms with Crippen molar-refractivity contribution in [2.75, 3.05) is 19.6 Å². The molecule has 1 saturated heterocycles. The van der Waals surface area contributed by atoms with E-state index in [1.54, 1.807) is 12.1 Å². The first-order valence-corrected chi connectivity index (χ1v) is 5.46. The molecule has 1 heterocycles. The van der Waals surface area contributed by atoms with Crippen LogP contribution in [0, 0.1) is 0 Å². The molecule has 1 aliphatic heterocycles. The summed E-state index contributed by atoms with van der Waals surface area (Å²) in [7, 11) is 0. The van der Waals surface area contributed by atoms with E-state index in [4.69, 9.17) is 0 Å². The number of benzene rings is 1. The molecule has 0 radical (unpaired) electrons. The number of rotatable bonds is 3. The Morgan fingerprint density at radius 3 is 2.81 bits per heavy atom. The van der Waals surface area contributed by atoms with Gasteiger partial charge in [0, 0.05) is 18.7 Å². The van der Waals surface area contributed by atoms with Crippen LogP contribution in [0.15, 0.2) is 30.3 Å². The Kier molecular flexibility index (Phi) is 3.22. The van der Waals surface area contributed by atoms with Crippen LogP contribution in [0.4, 0.5) is 0 Å². The van der Waals surface area contributed by atoms with Crippen LogP contribution in [0.1, 0.15) is 16.8 Å². The van der Waals surface area contributed by atoms with Crippen molar-refractivity contribution in [1.29, 1.82) is 0 Å². The van der Waals surface area contributed by atoms with E-state index in [0.29, 0.717) is 25.1 Å². The van der Waals surface area contributed by atoms with Crippen LogP contribution in [0.25, 0.3) is 0 Å². The second-order valence-corrected chi connectivity index (χ2v) is 4.20. The highest BCUT2D eigenvalue weighted by Gasteiger charge is 2.31. The van der Waals surface area contributed by atoms with Crippen LogP contribution in [0.2, 0.25) is 0 Å². The number of hydrogen-bond acceptors (Lipinski definition) is 3. The molecule has 1 fully saturated rings. The average molecular weight is 220 g/mol. The number of amides is 1. The molecule has 3 N–H and O–H groups in total. The lowest BCUT2D eigenvalue weighted by Gasteiger charge is -2.21. The summed E-state index contributed by atoms with van der Waals surface area (Å²) in [6.07, 6.45) is 0.683. The highest BCUT2D eigenvalue weighted by atomic mass is 16.3.